The predicted molar refractivity (Wildman–Crippen MR) is 60.0 cm³/mol. The number of nitrogens with one attached hydrogen (secondary N) is 1. The van der Waals surface area contributed by atoms with Gasteiger partial charge < -0.3 is 20.5 Å². The summed E-state index contributed by atoms with van der Waals surface area (Å²) in [5.74, 6) is -0.203. The summed E-state index contributed by atoms with van der Waals surface area (Å²) in [7, 11) is 0. The summed E-state index contributed by atoms with van der Waals surface area (Å²) in [6.45, 7) is 1.30. The van der Waals surface area contributed by atoms with Gasteiger partial charge in [0.1, 0.15) is 0 Å². The molecule has 1 aliphatic rings. The molecule has 0 bridgehead atoms. The third-order valence-electron chi connectivity index (χ3n) is 2.26. The van der Waals surface area contributed by atoms with Crippen LogP contribution in [0, 0.1) is 0 Å². The first-order chi connectivity index (χ1) is 7.75. The van der Waals surface area contributed by atoms with E-state index >= 15 is 0 Å². The number of benzene rings is 1. The van der Waals surface area contributed by atoms with Crippen molar-refractivity contribution in [1.29, 1.82) is 0 Å². The quantitative estimate of drug-likeness (QED) is 0.719. The van der Waals surface area contributed by atoms with E-state index in [1.165, 1.54) is 0 Å². The zero-order valence-corrected chi connectivity index (χ0v) is 8.81. The van der Waals surface area contributed by atoms with E-state index in [9.17, 15) is 4.79 Å². The number of carbonyl (C=O) groups is 1. The van der Waals surface area contributed by atoms with Crippen LogP contribution in [0.2, 0.25) is 0 Å². The lowest BCUT2D eigenvalue weighted by Crippen LogP contribution is -2.39. The number of nitrogen functional groups attached to an aromatic ring is 1. The first kappa shape index (κ1) is 10.9. The van der Waals surface area contributed by atoms with Gasteiger partial charge >= 0.3 is 0 Å². The van der Waals surface area contributed by atoms with Crippen LogP contribution < -0.4 is 11.1 Å². The number of ether oxygens (including phenoxy) is 2. The Labute approximate surface area is 93.5 Å². The third-order valence-corrected chi connectivity index (χ3v) is 2.26. The molecule has 0 spiro atoms. The van der Waals surface area contributed by atoms with E-state index < -0.39 is 6.10 Å². The Morgan fingerprint density at radius 2 is 2.31 bits per heavy atom. The summed E-state index contributed by atoms with van der Waals surface area (Å²) in [4.78, 5) is 11.7. The number of nitrogens with two attached hydrogens (primary N) is 1. The minimum Gasteiger partial charge on any atom is -0.399 e. The molecule has 1 saturated heterocycles. The van der Waals surface area contributed by atoms with Crippen LogP contribution in [0.15, 0.2) is 24.3 Å². The molecule has 1 aliphatic heterocycles. The van der Waals surface area contributed by atoms with Gasteiger partial charge in [0.05, 0.1) is 19.8 Å². The summed E-state index contributed by atoms with van der Waals surface area (Å²) in [5.41, 5.74) is 6.88. The summed E-state index contributed by atoms with van der Waals surface area (Å²) in [6.07, 6.45) is -0.532. The third kappa shape index (κ3) is 2.71. The lowest BCUT2D eigenvalue weighted by molar-refractivity contribution is -0.142. The lowest BCUT2D eigenvalue weighted by atomic mass is 10.2. The van der Waals surface area contributed by atoms with Crippen molar-refractivity contribution in [2.45, 2.75) is 6.10 Å². The molecular weight excluding hydrogens is 208 g/mol. The van der Waals surface area contributed by atoms with Crippen molar-refractivity contribution in [3.8, 4) is 0 Å². The fourth-order valence-corrected chi connectivity index (χ4v) is 1.48. The standard InChI is InChI=1S/C11H14N2O3/c12-8-2-1-3-9(6-8)13-11(14)10-7-15-4-5-16-10/h1-3,6,10H,4-5,7,12H2,(H,13,14). The maximum absolute atomic E-state index is 11.7. The summed E-state index contributed by atoms with van der Waals surface area (Å²) in [5, 5.41) is 2.73. The van der Waals surface area contributed by atoms with Crippen molar-refractivity contribution in [2.75, 3.05) is 30.9 Å². The molecule has 2 rings (SSSR count). The van der Waals surface area contributed by atoms with Gasteiger partial charge in [-0.3, -0.25) is 4.79 Å². The molecule has 1 unspecified atom stereocenters. The molecule has 86 valence electrons. The lowest BCUT2D eigenvalue weighted by Gasteiger charge is -2.22. The van der Waals surface area contributed by atoms with E-state index in [0.29, 0.717) is 31.2 Å². The smallest absolute Gasteiger partial charge is 0.255 e. The number of rotatable bonds is 2. The van der Waals surface area contributed by atoms with Crippen LogP contribution in [0.25, 0.3) is 0 Å². The maximum atomic E-state index is 11.7. The molecule has 1 heterocycles. The van der Waals surface area contributed by atoms with E-state index in [-0.39, 0.29) is 5.91 Å². The first-order valence-corrected chi connectivity index (χ1v) is 5.11. The Hall–Kier alpha value is -1.59. The van der Waals surface area contributed by atoms with Crippen LogP contribution in [-0.2, 0) is 14.3 Å². The molecule has 1 amide bonds. The molecule has 1 aromatic rings. The normalized spacial score (nSPS) is 20.4. The molecule has 5 nitrogen and oxygen atoms in total. The fourth-order valence-electron chi connectivity index (χ4n) is 1.48. The molecule has 1 atom stereocenters. The number of amides is 1. The van der Waals surface area contributed by atoms with E-state index in [1.54, 1.807) is 24.3 Å². The van der Waals surface area contributed by atoms with E-state index in [4.69, 9.17) is 15.2 Å². The van der Waals surface area contributed by atoms with Gasteiger partial charge in [0.15, 0.2) is 6.10 Å². The van der Waals surface area contributed by atoms with Gasteiger partial charge in [-0.25, -0.2) is 0 Å². The molecule has 0 aliphatic carbocycles. The topological polar surface area (TPSA) is 73.6 Å². The number of anilines is 2. The van der Waals surface area contributed by atoms with Crippen LogP contribution in [0.3, 0.4) is 0 Å². The highest BCUT2D eigenvalue weighted by molar-refractivity contribution is 5.94. The Kier molecular flexibility index (Phi) is 3.38. The minimum atomic E-state index is -0.532. The summed E-state index contributed by atoms with van der Waals surface area (Å²) < 4.78 is 10.4. The van der Waals surface area contributed by atoms with Crippen LogP contribution >= 0.6 is 0 Å². The maximum Gasteiger partial charge on any atom is 0.255 e. The summed E-state index contributed by atoms with van der Waals surface area (Å²) >= 11 is 0. The molecule has 16 heavy (non-hydrogen) atoms. The first-order valence-electron chi connectivity index (χ1n) is 5.11. The Bertz CT molecular complexity index is 375. The average molecular weight is 222 g/mol. The van der Waals surface area contributed by atoms with E-state index in [1.807, 2.05) is 0 Å². The van der Waals surface area contributed by atoms with Gasteiger partial charge in [-0.2, -0.15) is 0 Å². The second kappa shape index (κ2) is 4.96. The van der Waals surface area contributed by atoms with Gasteiger partial charge in [0, 0.05) is 11.4 Å². The van der Waals surface area contributed by atoms with Gasteiger partial charge in [0.25, 0.3) is 5.91 Å². The van der Waals surface area contributed by atoms with Crippen LogP contribution in [0.4, 0.5) is 11.4 Å². The van der Waals surface area contributed by atoms with Crippen molar-refractivity contribution in [2.24, 2.45) is 0 Å². The number of hydrogen-bond acceptors (Lipinski definition) is 4. The zero-order chi connectivity index (χ0) is 11.4. The highest BCUT2D eigenvalue weighted by Gasteiger charge is 2.22. The van der Waals surface area contributed by atoms with Gasteiger partial charge in [0.2, 0.25) is 0 Å². The second-order valence-electron chi connectivity index (χ2n) is 3.55. The molecule has 0 radical (unpaired) electrons. The zero-order valence-electron chi connectivity index (χ0n) is 8.81. The van der Waals surface area contributed by atoms with Gasteiger partial charge in [-0.05, 0) is 18.2 Å². The molecule has 1 aromatic carbocycles. The van der Waals surface area contributed by atoms with Crippen molar-refractivity contribution < 1.29 is 14.3 Å². The van der Waals surface area contributed by atoms with Crippen LogP contribution in [-0.4, -0.2) is 31.8 Å². The monoisotopic (exact) mass is 222 g/mol. The van der Waals surface area contributed by atoms with Crippen LogP contribution in [0.5, 0.6) is 0 Å². The Balaban J connectivity index is 1.96. The predicted octanol–water partition coefficient (Wildman–Crippen LogP) is 0.623. The van der Waals surface area contributed by atoms with Crippen LogP contribution in [0.1, 0.15) is 0 Å². The average Bonchev–Trinajstić information content (AvgIpc) is 2.30. The van der Waals surface area contributed by atoms with Gasteiger partial charge in [-0.1, -0.05) is 6.07 Å². The second-order valence-corrected chi connectivity index (χ2v) is 3.55. The van der Waals surface area contributed by atoms with Crippen molar-refractivity contribution in [1.82, 2.24) is 0 Å². The van der Waals surface area contributed by atoms with E-state index in [2.05, 4.69) is 5.32 Å². The summed E-state index contributed by atoms with van der Waals surface area (Å²) in [6, 6.07) is 7.01. The van der Waals surface area contributed by atoms with Crippen molar-refractivity contribution in [3.63, 3.8) is 0 Å². The molecule has 0 saturated carbocycles. The highest BCUT2D eigenvalue weighted by atomic mass is 16.6. The SMILES string of the molecule is Nc1cccc(NC(=O)C2COCCO2)c1. The molecule has 5 heteroatoms. The molecule has 3 N–H and O–H groups in total. The fraction of sp³-hybridized carbons (Fsp3) is 0.364. The molecule has 1 fully saturated rings. The molecule has 0 aromatic heterocycles. The van der Waals surface area contributed by atoms with E-state index in [0.717, 1.165) is 0 Å². The van der Waals surface area contributed by atoms with Crippen molar-refractivity contribution in [3.05, 3.63) is 24.3 Å². The highest BCUT2D eigenvalue weighted by Crippen LogP contribution is 2.13. The minimum absolute atomic E-state index is 0.203. The number of hydrogen-bond donors (Lipinski definition) is 2. The Morgan fingerprint density at radius 3 is 3.00 bits per heavy atom. The molecular formula is C11H14N2O3. The van der Waals surface area contributed by atoms with Crippen molar-refractivity contribution >= 4 is 17.3 Å². The number of carbonyl (C=O) groups excluding carboxylic acids is 1. The largest absolute Gasteiger partial charge is 0.399 e. The Morgan fingerprint density at radius 1 is 1.44 bits per heavy atom. The van der Waals surface area contributed by atoms with Gasteiger partial charge in [-0.15, -0.1) is 0 Å².